The first-order chi connectivity index (χ1) is 29.3. The smallest absolute Gasteiger partial charge is 0.407 e. The summed E-state index contributed by atoms with van der Waals surface area (Å²) in [4.78, 5) is 95.1. The van der Waals surface area contributed by atoms with Gasteiger partial charge in [-0.1, -0.05) is 99.1 Å². The van der Waals surface area contributed by atoms with Gasteiger partial charge in [0.1, 0.15) is 30.3 Å². The van der Waals surface area contributed by atoms with Crippen LogP contribution in [0.5, 0.6) is 0 Å². The molecule has 0 spiro atoms. The van der Waals surface area contributed by atoms with Gasteiger partial charge in [-0.3, -0.25) is 28.8 Å². The standard InChI is InChI=1S/C38H60ClN7O9.C3H8.C2H6.C2H2/c1-8-12-26(30(47)35(51)42-24-16-17-24)43-33(49)27-19-25(55-28(40)18-15-21(2)39)20-46(27)36(52)31(38(4,5)6)45-34(50)29(23-13-10-9-11-14-23)44-32(48)22(3)41-37(53)54-7;1-3-2;2*1-2/h15,18,22-27,29,31H,8-14,16-17,19-20,40H2,1-7H3,(H,41,53)(H,42,51)(H,43,49)(H,44,48)(H,45,50);3H2,1-2H3;1-2H3;1-2H/b21-15+,28-18+;;;/t22-,25+,26-,27-,29?,31+;;;/m0.../s1. The minimum Gasteiger partial charge on any atom is -0.474 e. The van der Waals surface area contributed by atoms with Crippen molar-refractivity contribution >= 4 is 53.0 Å². The van der Waals surface area contributed by atoms with Crippen molar-refractivity contribution in [3.63, 3.8) is 0 Å². The third-order valence-electron chi connectivity index (χ3n) is 9.99. The second kappa shape index (κ2) is 29.5. The number of likely N-dealkylation sites (tertiary alicyclic amines) is 1. The van der Waals surface area contributed by atoms with Crippen LogP contribution in [0.25, 0.3) is 0 Å². The fourth-order valence-corrected chi connectivity index (χ4v) is 6.83. The Morgan fingerprint density at radius 3 is 1.97 bits per heavy atom. The normalized spacial score (nSPS) is 19.6. The van der Waals surface area contributed by atoms with Gasteiger partial charge in [0.2, 0.25) is 29.4 Å². The Morgan fingerprint density at radius 2 is 1.47 bits per heavy atom. The molecule has 7 N–H and O–H groups in total. The Balaban J connectivity index is 0.00000501. The molecular weight excluding hydrogens is 818 g/mol. The maximum absolute atomic E-state index is 14.7. The van der Waals surface area contributed by atoms with Crippen molar-refractivity contribution in [3.05, 3.63) is 23.1 Å². The van der Waals surface area contributed by atoms with Crippen LogP contribution in [0.15, 0.2) is 23.1 Å². The van der Waals surface area contributed by atoms with E-state index >= 15 is 0 Å². The quantitative estimate of drug-likeness (QED) is 0.0491. The van der Waals surface area contributed by atoms with Crippen LogP contribution in [0.2, 0.25) is 0 Å². The highest BCUT2D eigenvalue weighted by molar-refractivity contribution is 6.38. The van der Waals surface area contributed by atoms with Crippen LogP contribution in [-0.2, 0) is 38.2 Å². The predicted octanol–water partition coefficient (Wildman–Crippen LogP) is 5.08. The van der Waals surface area contributed by atoms with Crippen LogP contribution in [0.1, 0.15) is 140 Å². The zero-order valence-corrected chi connectivity index (χ0v) is 39.7. The third kappa shape index (κ3) is 19.9. The van der Waals surface area contributed by atoms with Crippen LogP contribution >= 0.6 is 11.6 Å². The maximum atomic E-state index is 14.7. The van der Waals surface area contributed by atoms with E-state index in [-0.39, 0.29) is 37.2 Å². The van der Waals surface area contributed by atoms with E-state index in [9.17, 15) is 33.6 Å². The number of amides is 6. The molecule has 0 aromatic carbocycles. The molecule has 352 valence electrons. The largest absolute Gasteiger partial charge is 0.474 e. The molecule has 2 saturated carbocycles. The molecule has 3 fully saturated rings. The van der Waals surface area contributed by atoms with Gasteiger partial charge in [-0.15, -0.1) is 12.8 Å². The van der Waals surface area contributed by atoms with Crippen LogP contribution < -0.4 is 32.3 Å². The first-order valence-corrected chi connectivity index (χ1v) is 22.4. The highest BCUT2D eigenvalue weighted by Gasteiger charge is 2.47. The lowest BCUT2D eigenvalue weighted by Gasteiger charge is -2.37. The summed E-state index contributed by atoms with van der Waals surface area (Å²) in [6.07, 6.45) is 17.0. The van der Waals surface area contributed by atoms with Crippen LogP contribution in [0.3, 0.4) is 0 Å². The number of halogens is 1. The summed E-state index contributed by atoms with van der Waals surface area (Å²) in [6.45, 7) is 18.4. The number of hydrogen-bond donors (Lipinski definition) is 6. The number of hydrogen-bond acceptors (Lipinski definition) is 10. The van der Waals surface area contributed by atoms with Gasteiger partial charge >= 0.3 is 6.09 Å². The third-order valence-corrected chi connectivity index (χ3v) is 10.1. The number of carbonyl (C=O) groups is 7. The van der Waals surface area contributed by atoms with Crippen molar-refractivity contribution < 1.29 is 43.0 Å². The minimum atomic E-state index is -1.19. The summed E-state index contributed by atoms with van der Waals surface area (Å²) in [7, 11) is 1.17. The lowest BCUT2D eigenvalue weighted by atomic mass is 9.82. The number of Topliss-reactive ketones (excluding diaryl/α,β-unsaturated/α-hetero) is 1. The van der Waals surface area contributed by atoms with E-state index < -0.39 is 83.1 Å². The molecule has 1 heterocycles. The lowest BCUT2D eigenvalue weighted by molar-refractivity contribution is -0.145. The fraction of sp³-hybridized carbons (Fsp3) is 0.711. The first kappa shape index (κ1) is 57.2. The second-order valence-corrected chi connectivity index (χ2v) is 17.1. The minimum absolute atomic E-state index is 0.00287. The Kier molecular flexibility index (Phi) is 27.2. The first-order valence-electron chi connectivity index (χ1n) is 22.0. The van der Waals surface area contributed by atoms with Gasteiger partial charge in [-0.2, -0.15) is 0 Å². The highest BCUT2D eigenvalue weighted by atomic mass is 35.5. The van der Waals surface area contributed by atoms with E-state index in [1.54, 1.807) is 27.7 Å². The number of ketones is 1. The van der Waals surface area contributed by atoms with Gasteiger partial charge in [0.15, 0.2) is 5.88 Å². The number of alkyl carbamates (subject to hydrolysis) is 1. The number of ether oxygens (including phenoxy) is 2. The second-order valence-electron chi connectivity index (χ2n) is 16.5. The summed E-state index contributed by atoms with van der Waals surface area (Å²) in [5, 5.41) is 13.9. The van der Waals surface area contributed by atoms with Crippen molar-refractivity contribution in [1.29, 1.82) is 0 Å². The number of nitrogens with one attached hydrogen (secondary N) is 5. The molecule has 3 rings (SSSR count). The maximum Gasteiger partial charge on any atom is 0.407 e. The molecule has 1 unspecified atom stereocenters. The molecule has 2 aliphatic carbocycles. The Hall–Kier alpha value is -4.78. The topological polar surface area (TPSA) is 227 Å². The number of allylic oxidation sites excluding steroid dienone is 3. The van der Waals surface area contributed by atoms with Crippen molar-refractivity contribution in [2.45, 2.75) is 182 Å². The number of terminal acetylenes is 1. The van der Waals surface area contributed by atoms with E-state index in [1.165, 1.54) is 37.5 Å². The van der Waals surface area contributed by atoms with E-state index in [0.717, 1.165) is 32.1 Å². The molecule has 1 aliphatic heterocycles. The molecule has 6 atom stereocenters. The van der Waals surface area contributed by atoms with E-state index in [2.05, 4.69) is 58.0 Å². The number of nitrogens with two attached hydrogens (primary N) is 1. The summed E-state index contributed by atoms with van der Waals surface area (Å²) >= 11 is 5.95. The monoisotopic (exact) mass is 894 g/mol. The summed E-state index contributed by atoms with van der Waals surface area (Å²) in [5.41, 5.74) is 5.21. The Morgan fingerprint density at radius 1 is 0.887 bits per heavy atom. The number of carbonyl (C=O) groups excluding carboxylic acids is 7. The van der Waals surface area contributed by atoms with Gasteiger partial charge in [0, 0.05) is 17.5 Å². The molecular formula is C45H76ClN7O9. The molecule has 17 heteroatoms. The molecule has 16 nitrogen and oxygen atoms in total. The fourth-order valence-electron chi connectivity index (χ4n) is 6.76. The molecule has 6 amide bonds. The molecule has 0 radical (unpaired) electrons. The molecule has 1 saturated heterocycles. The van der Waals surface area contributed by atoms with Crippen molar-refractivity contribution in [3.8, 4) is 12.8 Å². The summed E-state index contributed by atoms with van der Waals surface area (Å²) in [5.74, 6) is -4.21. The molecule has 3 aliphatic rings. The number of nitrogens with zero attached hydrogens (tertiary/aromatic N) is 1. The van der Waals surface area contributed by atoms with Gasteiger partial charge < -0.3 is 46.7 Å². The molecule has 0 bridgehead atoms. The van der Waals surface area contributed by atoms with Crippen LogP contribution in [-0.4, -0.2) is 102 Å². The van der Waals surface area contributed by atoms with Gasteiger partial charge in [-0.25, -0.2) is 4.79 Å². The molecule has 0 aromatic rings. The lowest BCUT2D eigenvalue weighted by Crippen LogP contribution is -2.62. The predicted molar refractivity (Wildman–Crippen MR) is 242 cm³/mol. The van der Waals surface area contributed by atoms with Crippen LogP contribution in [0, 0.1) is 24.2 Å². The van der Waals surface area contributed by atoms with Crippen LogP contribution in [0.4, 0.5) is 4.79 Å². The van der Waals surface area contributed by atoms with Crippen molar-refractivity contribution in [2.75, 3.05) is 13.7 Å². The number of rotatable bonds is 17. The van der Waals surface area contributed by atoms with Crippen molar-refractivity contribution in [1.82, 2.24) is 31.5 Å². The van der Waals surface area contributed by atoms with Crippen molar-refractivity contribution in [2.24, 2.45) is 17.1 Å². The van der Waals surface area contributed by atoms with E-state index in [0.29, 0.717) is 24.3 Å². The van der Waals surface area contributed by atoms with Gasteiger partial charge in [0.05, 0.1) is 19.7 Å². The molecule has 0 aromatic heterocycles. The zero-order valence-electron chi connectivity index (χ0n) is 39.0. The SMILES string of the molecule is C#C.CC.CCC.CCC[C@H](NC(=O)[C@@H]1C[C@@H](O/C(N)=C/C=C(\C)Cl)CN1C(=O)[C@@H](NC(=O)C(NC(=O)[C@H](C)NC(=O)OC)C1CCCCC1)C(C)(C)C)C(=O)C(=O)NC1CC1. The average Bonchev–Trinajstić information content (AvgIpc) is 3.96. The zero-order chi connectivity index (χ0) is 47.7. The van der Waals surface area contributed by atoms with E-state index in [1.807, 2.05) is 20.8 Å². The number of methoxy groups -OCH3 is 1. The van der Waals surface area contributed by atoms with Gasteiger partial charge in [-0.05, 0) is 69.4 Å². The van der Waals surface area contributed by atoms with Gasteiger partial charge in [0.25, 0.3) is 5.91 Å². The highest BCUT2D eigenvalue weighted by Crippen LogP contribution is 2.30. The molecule has 62 heavy (non-hydrogen) atoms. The average molecular weight is 895 g/mol. The summed E-state index contributed by atoms with van der Waals surface area (Å²) in [6, 6.07) is -5.55. The van der Waals surface area contributed by atoms with E-state index in [4.69, 9.17) is 22.1 Å². The summed E-state index contributed by atoms with van der Waals surface area (Å²) < 4.78 is 10.5. The Labute approximate surface area is 375 Å². The Bertz CT molecular complexity index is 1550.